The molecule has 5 N–H and O–H groups in total. The van der Waals surface area contributed by atoms with Gasteiger partial charge in [0.2, 0.25) is 17.7 Å². The number of aryl methyl sites for hydroxylation is 2. The van der Waals surface area contributed by atoms with Crippen LogP contribution in [0.15, 0.2) is 48.5 Å². The molecule has 1 heterocycles. The van der Waals surface area contributed by atoms with Crippen molar-refractivity contribution in [2.45, 2.75) is 63.5 Å². The molecule has 1 aromatic heterocycles. The molecule has 1 unspecified atom stereocenters. The smallest absolute Gasteiger partial charge is 0.246 e. The minimum atomic E-state index is -1.17. The predicted molar refractivity (Wildman–Crippen MR) is 135 cm³/mol. The normalized spacial score (nSPS) is 21.9. The maximum atomic E-state index is 13.9. The number of hydrogen-bond donors (Lipinski definition) is 4. The number of primary amides is 1. The lowest BCUT2D eigenvalue weighted by Crippen LogP contribution is -2.65. The van der Waals surface area contributed by atoms with E-state index < -0.39 is 17.5 Å². The maximum absolute atomic E-state index is 13.9. The molecule has 0 spiro atoms. The minimum absolute atomic E-state index is 0.145. The number of aromatic amines is 1. The Morgan fingerprint density at radius 2 is 1.80 bits per heavy atom. The third-order valence-corrected chi connectivity index (χ3v) is 7.69. The van der Waals surface area contributed by atoms with E-state index in [1.54, 1.807) is 0 Å². The first-order valence-electron chi connectivity index (χ1n) is 12.4. The van der Waals surface area contributed by atoms with E-state index in [2.05, 4.69) is 21.7 Å². The summed E-state index contributed by atoms with van der Waals surface area (Å²) >= 11 is 0. The number of rotatable bonds is 6. The molecule has 0 fully saturated rings. The fourth-order valence-electron chi connectivity index (χ4n) is 5.76. The maximum Gasteiger partial charge on any atom is 0.246 e. The van der Waals surface area contributed by atoms with Crippen LogP contribution < -0.4 is 16.4 Å². The fraction of sp³-hybridized carbons (Fsp3) is 0.393. The third-order valence-electron chi connectivity index (χ3n) is 7.69. The highest BCUT2D eigenvalue weighted by atomic mass is 16.2. The summed E-state index contributed by atoms with van der Waals surface area (Å²) < 4.78 is 0. The van der Waals surface area contributed by atoms with Gasteiger partial charge in [-0.1, -0.05) is 56.3 Å². The van der Waals surface area contributed by atoms with E-state index in [9.17, 15) is 14.4 Å². The van der Waals surface area contributed by atoms with Gasteiger partial charge in [0.1, 0.15) is 11.6 Å². The summed E-state index contributed by atoms with van der Waals surface area (Å²) in [5.41, 5.74) is 9.78. The van der Waals surface area contributed by atoms with Gasteiger partial charge in [-0.05, 0) is 54.4 Å². The molecule has 3 aromatic rings. The second kappa shape index (κ2) is 8.87. The molecule has 0 saturated heterocycles. The van der Waals surface area contributed by atoms with Crippen molar-refractivity contribution in [3.8, 4) is 0 Å². The highest BCUT2D eigenvalue weighted by Crippen LogP contribution is 2.37. The van der Waals surface area contributed by atoms with Crippen molar-refractivity contribution in [1.29, 1.82) is 0 Å². The lowest BCUT2D eigenvalue weighted by Gasteiger charge is -2.38. The van der Waals surface area contributed by atoms with Crippen molar-refractivity contribution in [1.82, 2.24) is 15.6 Å². The number of nitrogens with one attached hydrogen (secondary N) is 3. The van der Waals surface area contributed by atoms with E-state index in [0.29, 0.717) is 19.3 Å². The van der Waals surface area contributed by atoms with E-state index in [-0.39, 0.29) is 23.7 Å². The third kappa shape index (κ3) is 4.09. The van der Waals surface area contributed by atoms with Crippen LogP contribution in [-0.4, -0.2) is 34.3 Å². The number of para-hydroxylation sites is 1. The molecule has 2 aliphatic carbocycles. The van der Waals surface area contributed by atoms with Crippen LogP contribution in [0.3, 0.4) is 0 Å². The number of amides is 3. The first-order valence-corrected chi connectivity index (χ1v) is 12.4. The summed E-state index contributed by atoms with van der Waals surface area (Å²) in [4.78, 5) is 43.1. The number of carbonyl (C=O) groups excluding carboxylic acids is 3. The molecule has 35 heavy (non-hydrogen) atoms. The summed E-state index contributed by atoms with van der Waals surface area (Å²) in [6, 6.07) is 15.2. The molecule has 3 atom stereocenters. The molecule has 7 heteroatoms. The van der Waals surface area contributed by atoms with Gasteiger partial charge in [0.15, 0.2) is 0 Å². The van der Waals surface area contributed by atoms with E-state index in [4.69, 9.17) is 5.73 Å². The van der Waals surface area contributed by atoms with Crippen LogP contribution in [0.2, 0.25) is 0 Å². The van der Waals surface area contributed by atoms with Crippen LogP contribution in [0.1, 0.15) is 55.0 Å². The SMILES string of the molecule is CC(C)[C@H](NC(=O)[C@]1(NC(=O)C2CCc3ccccc32)CCc2[nH]c3ccccc3c2C1)C(N)=O. The van der Waals surface area contributed by atoms with E-state index in [1.165, 1.54) is 5.56 Å². The molecule has 5 rings (SSSR count). The van der Waals surface area contributed by atoms with Crippen LogP contribution in [-0.2, 0) is 33.6 Å². The topological polar surface area (TPSA) is 117 Å². The van der Waals surface area contributed by atoms with Crippen LogP contribution in [0.25, 0.3) is 10.9 Å². The molecule has 0 radical (unpaired) electrons. The van der Waals surface area contributed by atoms with E-state index in [1.807, 2.05) is 56.3 Å². The van der Waals surface area contributed by atoms with Gasteiger partial charge in [-0.15, -0.1) is 0 Å². The van der Waals surface area contributed by atoms with Crippen molar-refractivity contribution in [3.63, 3.8) is 0 Å². The molecule has 7 nitrogen and oxygen atoms in total. The molecule has 2 aromatic carbocycles. The van der Waals surface area contributed by atoms with Gasteiger partial charge in [-0.25, -0.2) is 0 Å². The zero-order chi connectivity index (χ0) is 24.7. The predicted octanol–water partition coefficient (Wildman–Crippen LogP) is 2.87. The average Bonchev–Trinajstić information content (AvgIpc) is 3.43. The van der Waals surface area contributed by atoms with Gasteiger partial charge in [-0.2, -0.15) is 0 Å². The summed E-state index contributed by atoms with van der Waals surface area (Å²) in [5, 5.41) is 7.10. The largest absolute Gasteiger partial charge is 0.368 e. The zero-order valence-electron chi connectivity index (χ0n) is 20.2. The van der Waals surface area contributed by atoms with Crippen molar-refractivity contribution in [2.75, 3.05) is 0 Å². The minimum Gasteiger partial charge on any atom is -0.368 e. The van der Waals surface area contributed by atoms with Crippen molar-refractivity contribution in [2.24, 2.45) is 11.7 Å². The summed E-state index contributed by atoms with van der Waals surface area (Å²) in [6.07, 6.45) is 2.96. The van der Waals surface area contributed by atoms with E-state index >= 15 is 0 Å². The Bertz CT molecular complexity index is 1310. The molecular formula is C28H32N4O3. The van der Waals surface area contributed by atoms with Gasteiger partial charge in [0, 0.05) is 23.0 Å². The monoisotopic (exact) mass is 472 g/mol. The summed E-state index contributed by atoms with van der Waals surface area (Å²) in [7, 11) is 0. The number of fused-ring (bicyclic) bond motifs is 4. The Morgan fingerprint density at radius 3 is 2.57 bits per heavy atom. The van der Waals surface area contributed by atoms with Crippen LogP contribution in [0.5, 0.6) is 0 Å². The molecule has 0 saturated carbocycles. The van der Waals surface area contributed by atoms with Crippen molar-refractivity contribution < 1.29 is 14.4 Å². The second-order valence-electron chi connectivity index (χ2n) is 10.3. The molecule has 2 aliphatic rings. The molecular weight excluding hydrogens is 440 g/mol. The fourth-order valence-corrected chi connectivity index (χ4v) is 5.76. The lowest BCUT2D eigenvalue weighted by molar-refractivity contribution is -0.137. The Hall–Kier alpha value is -3.61. The number of nitrogens with two attached hydrogens (primary N) is 1. The molecule has 0 bridgehead atoms. The first kappa shape index (κ1) is 23.1. The Kier molecular flexibility index (Phi) is 5.87. The molecule has 182 valence electrons. The zero-order valence-corrected chi connectivity index (χ0v) is 20.2. The van der Waals surface area contributed by atoms with Gasteiger partial charge in [0.25, 0.3) is 0 Å². The Balaban J connectivity index is 1.50. The van der Waals surface area contributed by atoms with Crippen molar-refractivity contribution in [3.05, 3.63) is 70.9 Å². The van der Waals surface area contributed by atoms with E-state index in [0.717, 1.165) is 40.6 Å². The van der Waals surface area contributed by atoms with Gasteiger partial charge < -0.3 is 21.4 Å². The summed E-state index contributed by atoms with van der Waals surface area (Å²) in [6.45, 7) is 3.68. The standard InChI is InChI=1S/C28H32N4O3/c1-16(2)24(25(29)33)31-27(35)28(32-26(34)20-12-11-17-7-3-4-8-18(17)20)14-13-23-21(15-28)19-9-5-6-10-22(19)30-23/h3-10,16,20,24,30H,11-15H2,1-2H3,(H2,29,33)(H,31,35)(H,32,34)/t20?,24-,28-/m0/s1. The first-order chi connectivity index (χ1) is 16.8. The van der Waals surface area contributed by atoms with Gasteiger partial charge in [-0.3, -0.25) is 14.4 Å². The van der Waals surface area contributed by atoms with Gasteiger partial charge >= 0.3 is 0 Å². The van der Waals surface area contributed by atoms with Crippen LogP contribution in [0, 0.1) is 5.92 Å². The Labute approximate surface area is 204 Å². The van der Waals surface area contributed by atoms with Crippen LogP contribution >= 0.6 is 0 Å². The number of aromatic nitrogens is 1. The second-order valence-corrected chi connectivity index (χ2v) is 10.3. The van der Waals surface area contributed by atoms with Crippen molar-refractivity contribution >= 4 is 28.6 Å². The highest BCUT2D eigenvalue weighted by Gasteiger charge is 2.46. The van der Waals surface area contributed by atoms with Gasteiger partial charge in [0.05, 0.1) is 5.92 Å². The lowest BCUT2D eigenvalue weighted by atomic mass is 9.78. The number of carbonyl (C=O) groups is 3. The van der Waals surface area contributed by atoms with Crippen LogP contribution in [0.4, 0.5) is 0 Å². The quantitative estimate of drug-likeness (QED) is 0.442. The number of hydrogen-bond acceptors (Lipinski definition) is 3. The number of benzene rings is 2. The summed E-state index contributed by atoms with van der Waals surface area (Å²) in [5.74, 6) is -1.54. The number of H-pyrrole nitrogens is 1. The molecule has 3 amide bonds. The average molecular weight is 473 g/mol. The Morgan fingerprint density at radius 1 is 1.06 bits per heavy atom. The molecule has 0 aliphatic heterocycles. The highest BCUT2D eigenvalue weighted by molar-refractivity contribution is 5.98.